The summed E-state index contributed by atoms with van der Waals surface area (Å²) in [4.78, 5) is 10.5. The van der Waals surface area contributed by atoms with E-state index in [2.05, 4.69) is 10.5 Å². The Kier molecular flexibility index (Phi) is 4.34. The fraction of sp³-hybridized carbons (Fsp3) is 0.273. The first-order valence-corrected chi connectivity index (χ1v) is 4.75. The van der Waals surface area contributed by atoms with Crippen LogP contribution in [0.3, 0.4) is 0 Å². The highest BCUT2D eigenvalue weighted by atomic mass is 16.5. The predicted molar refractivity (Wildman–Crippen MR) is 59.0 cm³/mol. The molecule has 1 rings (SSSR count). The highest BCUT2D eigenvalue weighted by Crippen LogP contribution is 2.10. The van der Waals surface area contributed by atoms with E-state index in [0.717, 1.165) is 11.3 Å². The summed E-state index contributed by atoms with van der Waals surface area (Å²) in [7, 11) is 0. The molecule has 0 saturated heterocycles. The number of hydrogen-bond acceptors (Lipinski definition) is 3. The Morgan fingerprint density at radius 2 is 2.13 bits per heavy atom. The molecule has 1 aromatic rings. The van der Waals surface area contributed by atoms with Gasteiger partial charge >= 0.3 is 0 Å². The molecular formula is C11H14N2O2. The van der Waals surface area contributed by atoms with Crippen LogP contribution in [0.1, 0.15) is 19.4 Å². The standard InChI is InChI=1S/C11H14N2O2/c1-3-15-11-6-4-10(5-7-11)8-12-13-9(2)14/h4-8H,3H2,1-2H3,(H,13,14)/b12-8+. The zero-order valence-corrected chi connectivity index (χ0v) is 8.86. The molecule has 0 atom stereocenters. The number of hydrogen-bond donors (Lipinski definition) is 1. The summed E-state index contributed by atoms with van der Waals surface area (Å²) in [6, 6.07) is 7.46. The van der Waals surface area contributed by atoms with Gasteiger partial charge in [0.2, 0.25) is 5.91 Å². The van der Waals surface area contributed by atoms with Crippen molar-refractivity contribution in [1.82, 2.24) is 5.43 Å². The van der Waals surface area contributed by atoms with Crippen LogP contribution in [-0.4, -0.2) is 18.7 Å². The van der Waals surface area contributed by atoms with Gasteiger partial charge in [-0.05, 0) is 36.8 Å². The van der Waals surface area contributed by atoms with Crippen molar-refractivity contribution >= 4 is 12.1 Å². The van der Waals surface area contributed by atoms with Gasteiger partial charge in [-0.2, -0.15) is 5.10 Å². The average molecular weight is 206 g/mol. The van der Waals surface area contributed by atoms with Crippen LogP contribution in [-0.2, 0) is 4.79 Å². The van der Waals surface area contributed by atoms with Gasteiger partial charge in [-0.15, -0.1) is 0 Å². The third-order valence-electron chi connectivity index (χ3n) is 1.63. The fourth-order valence-electron chi connectivity index (χ4n) is 1.01. The van der Waals surface area contributed by atoms with Crippen molar-refractivity contribution < 1.29 is 9.53 Å². The number of amides is 1. The Balaban J connectivity index is 2.56. The predicted octanol–water partition coefficient (Wildman–Crippen LogP) is 1.56. The molecule has 0 aliphatic heterocycles. The Morgan fingerprint density at radius 1 is 1.47 bits per heavy atom. The lowest BCUT2D eigenvalue weighted by molar-refractivity contribution is -0.118. The maximum atomic E-state index is 10.5. The quantitative estimate of drug-likeness (QED) is 0.600. The van der Waals surface area contributed by atoms with Crippen LogP contribution in [0.4, 0.5) is 0 Å². The zero-order chi connectivity index (χ0) is 11.1. The molecule has 4 heteroatoms. The number of nitrogens with one attached hydrogen (secondary N) is 1. The first kappa shape index (κ1) is 11.2. The molecule has 0 fully saturated rings. The van der Waals surface area contributed by atoms with Crippen molar-refractivity contribution in [2.24, 2.45) is 5.10 Å². The van der Waals surface area contributed by atoms with Crippen LogP contribution in [0.5, 0.6) is 5.75 Å². The molecule has 0 spiro atoms. The molecule has 0 bridgehead atoms. The van der Waals surface area contributed by atoms with Gasteiger partial charge < -0.3 is 4.74 Å². The molecule has 0 heterocycles. The Hall–Kier alpha value is -1.84. The maximum absolute atomic E-state index is 10.5. The van der Waals surface area contributed by atoms with Gasteiger partial charge in [0.1, 0.15) is 5.75 Å². The average Bonchev–Trinajstić information content (AvgIpc) is 2.20. The molecule has 1 N–H and O–H groups in total. The van der Waals surface area contributed by atoms with E-state index in [1.165, 1.54) is 6.92 Å². The van der Waals surface area contributed by atoms with E-state index in [4.69, 9.17) is 4.74 Å². The van der Waals surface area contributed by atoms with Crippen molar-refractivity contribution in [1.29, 1.82) is 0 Å². The second-order valence-electron chi connectivity index (χ2n) is 2.93. The van der Waals surface area contributed by atoms with Gasteiger partial charge in [0.05, 0.1) is 12.8 Å². The molecule has 4 nitrogen and oxygen atoms in total. The van der Waals surface area contributed by atoms with Crippen molar-refractivity contribution in [3.8, 4) is 5.75 Å². The van der Waals surface area contributed by atoms with Crippen LogP contribution in [0, 0.1) is 0 Å². The molecule has 0 saturated carbocycles. The summed E-state index contributed by atoms with van der Waals surface area (Å²) in [5.74, 6) is 0.645. The summed E-state index contributed by atoms with van der Waals surface area (Å²) in [5, 5.41) is 3.75. The molecule has 0 unspecified atom stereocenters. The van der Waals surface area contributed by atoms with Crippen LogP contribution in [0.25, 0.3) is 0 Å². The monoisotopic (exact) mass is 206 g/mol. The molecule has 1 aromatic carbocycles. The number of benzene rings is 1. The minimum atomic E-state index is -0.183. The van der Waals surface area contributed by atoms with E-state index in [1.807, 2.05) is 31.2 Å². The maximum Gasteiger partial charge on any atom is 0.236 e. The summed E-state index contributed by atoms with van der Waals surface area (Å²) in [6.07, 6.45) is 1.58. The van der Waals surface area contributed by atoms with Gasteiger partial charge in [0, 0.05) is 6.92 Å². The number of rotatable bonds is 4. The van der Waals surface area contributed by atoms with Crippen LogP contribution in [0.15, 0.2) is 29.4 Å². The van der Waals surface area contributed by atoms with E-state index in [1.54, 1.807) is 6.21 Å². The van der Waals surface area contributed by atoms with Gasteiger partial charge in [-0.3, -0.25) is 4.79 Å². The first-order valence-electron chi connectivity index (χ1n) is 4.75. The molecule has 0 radical (unpaired) electrons. The van der Waals surface area contributed by atoms with Gasteiger partial charge in [-0.1, -0.05) is 0 Å². The smallest absolute Gasteiger partial charge is 0.236 e. The number of carbonyl (C=O) groups is 1. The zero-order valence-electron chi connectivity index (χ0n) is 8.86. The third-order valence-corrected chi connectivity index (χ3v) is 1.63. The highest BCUT2D eigenvalue weighted by Gasteiger charge is 1.91. The number of nitrogens with zero attached hydrogens (tertiary/aromatic N) is 1. The fourth-order valence-corrected chi connectivity index (χ4v) is 1.01. The van der Waals surface area contributed by atoms with Crippen molar-refractivity contribution in [3.63, 3.8) is 0 Å². The lowest BCUT2D eigenvalue weighted by atomic mass is 10.2. The van der Waals surface area contributed by atoms with E-state index >= 15 is 0 Å². The van der Waals surface area contributed by atoms with Crippen molar-refractivity contribution in [3.05, 3.63) is 29.8 Å². The van der Waals surface area contributed by atoms with Gasteiger partial charge in [-0.25, -0.2) is 5.43 Å². The molecule has 0 aliphatic rings. The Morgan fingerprint density at radius 3 is 2.67 bits per heavy atom. The highest BCUT2D eigenvalue weighted by molar-refractivity contribution is 5.81. The van der Waals surface area contributed by atoms with Gasteiger partial charge in [0.15, 0.2) is 0 Å². The Labute approximate surface area is 88.9 Å². The minimum absolute atomic E-state index is 0.183. The number of ether oxygens (including phenoxy) is 1. The minimum Gasteiger partial charge on any atom is -0.494 e. The lowest BCUT2D eigenvalue weighted by Crippen LogP contribution is -2.12. The molecule has 80 valence electrons. The second kappa shape index (κ2) is 5.80. The van der Waals surface area contributed by atoms with E-state index in [-0.39, 0.29) is 5.91 Å². The number of carbonyl (C=O) groups excluding carboxylic acids is 1. The van der Waals surface area contributed by atoms with Crippen LogP contribution in [0.2, 0.25) is 0 Å². The summed E-state index contributed by atoms with van der Waals surface area (Å²) in [6.45, 7) is 4.00. The van der Waals surface area contributed by atoms with Crippen molar-refractivity contribution in [2.75, 3.05) is 6.61 Å². The molecule has 1 amide bonds. The summed E-state index contributed by atoms with van der Waals surface area (Å²) >= 11 is 0. The van der Waals surface area contributed by atoms with Crippen LogP contribution >= 0.6 is 0 Å². The van der Waals surface area contributed by atoms with E-state index < -0.39 is 0 Å². The Bertz CT molecular complexity index is 344. The third kappa shape index (κ3) is 4.26. The van der Waals surface area contributed by atoms with Crippen LogP contribution < -0.4 is 10.2 Å². The molecular weight excluding hydrogens is 192 g/mol. The number of hydrazone groups is 1. The SMILES string of the molecule is CCOc1ccc(/C=N/NC(C)=O)cc1. The largest absolute Gasteiger partial charge is 0.494 e. The van der Waals surface area contributed by atoms with E-state index in [0.29, 0.717) is 6.61 Å². The molecule has 0 aromatic heterocycles. The van der Waals surface area contributed by atoms with E-state index in [9.17, 15) is 4.79 Å². The van der Waals surface area contributed by atoms with Crippen molar-refractivity contribution in [2.45, 2.75) is 13.8 Å². The first-order chi connectivity index (χ1) is 7.22. The molecule has 15 heavy (non-hydrogen) atoms. The second-order valence-corrected chi connectivity index (χ2v) is 2.93. The normalized spacial score (nSPS) is 10.3. The summed E-state index contributed by atoms with van der Waals surface area (Å²) < 4.78 is 5.29. The van der Waals surface area contributed by atoms with Gasteiger partial charge in [0.25, 0.3) is 0 Å². The lowest BCUT2D eigenvalue weighted by Gasteiger charge is -2.01. The molecule has 0 aliphatic carbocycles. The summed E-state index contributed by atoms with van der Waals surface area (Å²) in [5.41, 5.74) is 3.24. The topological polar surface area (TPSA) is 50.7 Å².